The molecule has 256 valence electrons. The number of para-hydroxylation sites is 1. The molecule has 1 saturated heterocycles. The number of nitrogens with zero attached hydrogens (tertiary/aromatic N) is 5. The van der Waals surface area contributed by atoms with E-state index in [9.17, 15) is 9.59 Å². The number of benzene rings is 2. The van der Waals surface area contributed by atoms with Crippen molar-refractivity contribution in [3.05, 3.63) is 84.1 Å². The molecule has 9 nitrogen and oxygen atoms in total. The molecular weight excluding hydrogens is 685 g/mol. The Kier molecular flexibility index (Phi) is 14.8. The largest absolute Gasteiger partial charge is 0.457 e. The number of imidazole rings is 1. The van der Waals surface area contributed by atoms with Crippen molar-refractivity contribution in [2.75, 3.05) is 18.8 Å². The molecule has 0 spiro atoms. The molecule has 4 aromatic rings. The number of fused-ring (bicyclic) bond motifs is 1. The van der Waals surface area contributed by atoms with Crippen LogP contribution >= 0.6 is 0 Å². The lowest BCUT2D eigenvalue weighted by atomic mass is 10.1. The number of rotatable bonds is 5. The van der Waals surface area contributed by atoms with Gasteiger partial charge in [0.2, 0.25) is 5.91 Å². The van der Waals surface area contributed by atoms with Crippen molar-refractivity contribution in [2.45, 2.75) is 13.0 Å². The number of carbonyl (C=O) groups is 1. The molecule has 2 aromatic heterocycles. The van der Waals surface area contributed by atoms with Crippen LogP contribution in [0.4, 0.5) is 5.82 Å². The number of nitrogen functional groups attached to an aromatic ring is 1. The topological polar surface area (TPSA) is 108 Å². The second-order valence-electron chi connectivity index (χ2n) is 10.2. The molecule has 1 fully saturated rings. The van der Waals surface area contributed by atoms with Crippen LogP contribution in [0, 0.1) is 131 Å². The van der Waals surface area contributed by atoms with Crippen molar-refractivity contribution in [1.29, 1.82) is 0 Å². The summed E-state index contributed by atoms with van der Waals surface area (Å²) >= 11 is 0. The Morgan fingerprint density at radius 2 is 1.25 bits per heavy atom. The van der Waals surface area contributed by atoms with Crippen molar-refractivity contribution < 1.29 is 9.53 Å². The first-order chi connectivity index (χ1) is 27.0. The molecule has 0 unspecified atom stereocenters. The first-order valence-electron chi connectivity index (χ1n) is 15.8. The number of nitrogens with two attached hydrogens (primary N) is 1. The first kappa shape index (κ1) is 38.6. The average Bonchev–Trinajstić information content (AvgIpc) is 3.48. The summed E-state index contributed by atoms with van der Waals surface area (Å²) in [6.45, 7) is 6.00. The zero-order valence-corrected chi connectivity index (χ0v) is 29.2. The van der Waals surface area contributed by atoms with E-state index in [4.69, 9.17) is 16.9 Å². The minimum absolute atomic E-state index is 0.166. The molecule has 0 bridgehead atoms. The monoisotopic (exact) mass is 708 g/mol. The summed E-state index contributed by atoms with van der Waals surface area (Å²) in [5.41, 5.74) is 7.32. The van der Waals surface area contributed by atoms with Gasteiger partial charge in [0.1, 0.15) is 23.3 Å². The Balaban J connectivity index is 0.000000261. The van der Waals surface area contributed by atoms with Gasteiger partial charge in [-0.3, -0.25) is 13.9 Å². The van der Waals surface area contributed by atoms with Crippen molar-refractivity contribution in [3.8, 4) is 148 Å². The predicted octanol–water partition coefficient (Wildman–Crippen LogP) is 3.20. The normalized spacial score (nSPS) is 9.56. The van der Waals surface area contributed by atoms with Crippen LogP contribution in [-0.4, -0.2) is 43.0 Å². The van der Waals surface area contributed by atoms with Gasteiger partial charge in [0, 0.05) is 36.8 Å². The molecule has 0 atom stereocenters. The molecule has 0 radical (unpaired) electrons. The number of terminal acetylenes is 1. The van der Waals surface area contributed by atoms with Crippen LogP contribution in [0.2, 0.25) is 0 Å². The summed E-state index contributed by atoms with van der Waals surface area (Å²) < 4.78 is 8.91. The number of carbonyl (C=O) groups excluding carboxylic acids is 1. The Morgan fingerprint density at radius 3 is 1.75 bits per heavy atom. The highest BCUT2D eigenvalue weighted by Gasteiger charge is 2.34. The Morgan fingerprint density at radius 1 is 0.764 bits per heavy atom. The zero-order valence-electron chi connectivity index (χ0n) is 29.2. The lowest BCUT2D eigenvalue weighted by Crippen LogP contribution is -2.52. The lowest BCUT2D eigenvalue weighted by molar-refractivity contribution is -0.131. The number of anilines is 1. The fourth-order valence-electron chi connectivity index (χ4n) is 4.48. The van der Waals surface area contributed by atoms with Gasteiger partial charge in [0.15, 0.2) is 11.5 Å². The van der Waals surface area contributed by atoms with Crippen LogP contribution in [0.15, 0.2) is 78.4 Å². The summed E-state index contributed by atoms with van der Waals surface area (Å²) in [4.78, 5) is 35.3. The lowest BCUT2D eigenvalue weighted by Gasteiger charge is -2.38. The highest BCUT2D eigenvalue weighted by molar-refractivity contribution is 5.88. The fourth-order valence-corrected chi connectivity index (χ4v) is 4.48. The highest BCUT2D eigenvalue weighted by Crippen LogP contribution is 2.28. The molecule has 1 aliphatic heterocycles. The standard InChI is InChI=1S/C23H20N6O3.C23H4/c1-2-19(30)27-12-16(13-27)29-22-20(21(24)25-14-26-22)28(23(29)31)15-8-10-18(11-9-15)32-17-6-4-3-5-7-17;1-3-5-7-9-11-13-15-17-19-21-23-22-20-18-16-14-12-10-8-6-4-2/h2-11,14,16H,1,12-13H2,(H2,24,25,26);1H,2H3. The number of amides is 1. The summed E-state index contributed by atoms with van der Waals surface area (Å²) in [5, 5.41) is 0. The van der Waals surface area contributed by atoms with Gasteiger partial charge >= 0.3 is 5.69 Å². The molecule has 2 N–H and O–H groups in total. The van der Waals surface area contributed by atoms with Gasteiger partial charge in [-0.05, 0) is 144 Å². The Hall–Kier alpha value is -9.24. The Bertz CT molecular complexity index is 2900. The molecule has 5 rings (SSSR count). The smallest absolute Gasteiger partial charge is 0.335 e. The maximum absolute atomic E-state index is 13.4. The van der Waals surface area contributed by atoms with E-state index in [2.05, 4.69) is 141 Å². The maximum Gasteiger partial charge on any atom is 0.335 e. The fraction of sp³-hybridized carbons (Fsp3) is 0.0870. The van der Waals surface area contributed by atoms with Gasteiger partial charge in [-0.25, -0.2) is 14.8 Å². The quantitative estimate of drug-likeness (QED) is 0.252. The molecule has 3 heterocycles. The minimum Gasteiger partial charge on any atom is -0.457 e. The van der Waals surface area contributed by atoms with Crippen LogP contribution in [-0.2, 0) is 4.79 Å². The first-order valence-corrected chi connectivity index (χ1v) is 15.8. The van der Waals surface area contributed by atoms with Crippen LogP contribution in [0.5, 0.6) is 11.5 Å². The number of ether oxygens (including phenoxy) is 1. The third-order valence-electron chi connectivity index (χ3n) is 6.79. The minimum atomic E-state index is -0.292. The van der Waals surface area contributed by atoms with Gasteiger partial charge in [0.25, 0.3) is 0 Å². The van der Waals surface area contributed by atoms with Crippen LogP contribution in [0.3, 0.4) is 0 Å². The number of hydrogen-bond donors (Lipinski definition) is 1. The van der Waals surface area contributed by atoms with Gasteiger partial charge in [-0.15, -0.1) is 6.42 Å². The van der Waals surface area contributed by atoms with E-state index in [1.165, 1.54) is 17.0 Å². The van der Waals surface area contributed by atoms with E-state index >= 15 is 0 Å². The molecule has 9 heteroatoms. The van der Waals surface area contributed by atoms with Crippen molar-refractivity contribution in [1.82, 2.24) is 24.0 Å². The number of likely N-dealkylation sites (tertiary alicyclic amines) is 1. The molecule has 0 aliphatic carbocycles. The molecule has 1 amide bonds. The van der Waals surface area contributed by atoms with Crippen LogP contribution in [0.1, 0.15) is 13.0 Å². The number of hydrogen-bond acceptors (Lipinski definition) is 6. The molecule has 1 aliphatic rings. The SMILES string of the molecule is C#CC#CC#CC#CC#CC#CC#CC#CC#CC#CC#CC.C=CC(=O)N1CC(n2c(=O)n(-c3ccc(Oc4ccccc4)cc3)c3c(N)ncnc32)C1. The highest BCUT2D eigenvalue weighted by atomic mass is 16.5. The van der Waals surface area contributed by atoms with E-state index < -0.39 is 0 Å². The molecular formula is C46H24N6O3. The predicted molar refractivity (Wildman–Crippen MR) is 212 cm³/mol. The van der Waals surface area contributed by atoms with Crippen molar-refractivity contribution in [3.63, 3.8) is 0 Å². The third-order valence-corrected chi connectivity index (χ3v) is 6.79. The van der Waals surface area contributed by atoms with Gasteiger partial charge in [0.05, 0.1) is 11.7 Å². The second-order valence-corrected chi connectivity index (χ2v) is 10.2. The Labute approximate surface area is 319 Å². The van der Waals surface area contributed by atoms with E-state index in [1.807, 2.05) is 30.3 Å². The van der Waals surface area contributed by atoms with Gasteiger partial charge < -0.3 is 15.4 Å². The van der Waals surface area contributed by atoms with E-state index in [0.717, 1.165) is 5.75 Å². The van der Waals surface area contributed by atoms with Crippen LogP contribution < -0.4 is 16.2 Å². The van der Waals surface area contributed by atoms with Crippen molar-refractivity contribution in [2.24, 2.45) is 0 Å². The zero-order chi connectivity index (χ0) is 39.1. The summed E-state index contributed by atoms with van der Waals surface area (Å²) in [6, 6.07) is 16.4. The van der Waals surface area contributed by atoms with E-state index in [0.29, 0.717) is 35.7 Å². The van der Waals surface area contributed by atoms with Crippen molar-refractivity contribution >= 4 is 22.9 Å². The van der Waals surface area contributed by atoms with Gasteiger partial charge in [-0.2, -0.15) is 0 Å². The van der Waals surface area contributed by atoms with E-state index in [-0.39, 0.29) is 23.5 Å². The summed E-state index contributed by atoms with van der Waals surface area (Å²) in [5.74, 6) is 53.3. The molecule has 55 heavy (non-hydrogen) atoms. The molecule has 0 saturated carbocycles. The van der Waals surface area contributed by atoms with Gasteiger partial charge in [-0.1, -0.05) is 30.7 Å². The van der Waals surface area contributed by atoms with Crippen LogP contribution in [0.25, 0.3) is 16.9 Å². The average molecular weight is 709 g/mol. The molecule has 2 aromatic carbocycles. The third kappa shape index (κ3) is 11.4. The van der Waals surface area contributed by atoms with E-state index in [1.54, 1.807) is 40.7 Å². The summed E-state index contributed by atoms with van der Waals surface area (Å²) in [7, 11) is 0. The second kappa shape index (κ2) is 21.1. The number of aromatic nitrogens is 4. The summed E-state index contributed by atoms with van der Waals surface area (Å²) in [6.07, 6.45) is 7.50. The maximum atomic E-state index is 13.4.